The van der Waals surface area contributed by atoms with Gasteiger partial charge in [0.05, 0.1) is 23.9 Å². The Bertz CT molecular complexity index is 1480. The van der Waals surface area contributed by atoms with Gasteiger partial charge in [0.2, 0.25) is 11.1 Å². The number of hydrogen-bond acceptors (Lipinski definition) is 6. The van der Waals surface area contributed by atoms with E-state index in [2.05, 4.69) is 4.98 Å². The van der Waals surface area contributed by atoms with Gasteiger partial charge in [-0.05, 0) is 41.3 Å². The van der Waals surface area contributed by atoms with E-state index in [0.717, 1.165) is 16.2 Å². The minimum atomic E-state index is -0.418. The predicted octanol–water partition coefficient (Wildman–Crippen LogP) is 4.29. The molecule has 3 heterocycles. The second-order valence-corrected chi connectivity index (χ2v) is 7.71. The zero-order valence-electron chi connectivity index (χ0n) is 16.0. The van der Waals surface area contributed by atoms with Crippen molar-refractivity contribution in [1.29, 1.82) is 0 Å². The predicted molar refractivity (Wildman–Crippen MR) is 117 cm³/mol. The molecule has 0 amide bonds. The zero-order valence-corrected chi connectivity index (χ0v) is 16.8. The van der Waals surface area contributed by atoms with Gasteiger partial charge >= 0.3 is 0 Å². The second-order valence-electron chi connectivity index (χ2n) is 6.76. The SMILES string of the molecule is COc1ccc(Cn2c(-c3cccs3)nc3oc4ccccc4c(=O)c3c2=O)cc1. The average Bonchev–Trinajstić information content (AvgIpc) is 3.31. The smallest absolute Gasteiger partial charge is 0.269 e. The number of rotatable bonds is 4. The number of hydrogen-bond donors (Lipinski definition) is 0. The van der Waals surface area contributed by atoms with Crippen LogP contribution in [0.3, 0.4) is 0 Å². The third-order valence-electron chi connectivity index (χ3n) is 4.94. The fraction of sp³-hybridized carbons (Fsp3) is 0.0870. The van der Waals surface area contributed by atoms with Crippen LogP contribution < -0.4 is 15.7 Å². The van der Waals surface area contributed by atoms with Crippen LogP contribution >= 0.6 is 11.3 Å². The van der Waals surface area contributed by atoms with E-state index < -0.39 is 5.56 Å². The van der Waals surface area contributed by atoms with Crippen molar-refractivity contribution in [3.8, 4) is 16.5 Å². The Labute approximate surface area is 174 Å². The van der Waals surface area contributed by atoms with Crippen molar-refractivity contribution in [2.24, 2.45) is 0 Å². The highest BCUT2D eigenvalue weighted by atomic mass is 32.1. The zero-order chi connectivity index (χ0) is 20.7. The summed E-state index contributed by atoms with van der Waals surface area (Å²) in [6.45, 7) is 0.269. The number of fused-ring (bicyclic) bond motifs is 2. The number of ether oxygens (including phenoxy) is 1. The quantitative estimate of drug-likeness (QED) is 0.409. The molecule has 3 aromatic heterocycles. The van der Waals surface area contributed by atoms with Crippen LogP contribution in [0.15, 0.2) is 80.0 Å². The maximum atomic E-state index is 13.5. The normalized spacial score (nSPS) is 11.2. The molecule has 0 fully saturated rings. The maximum absolute atomic E-state index is 13.5. The first-order valence-electron chi connectivity index (χ1n) is 9.29. The van der Waals surface area contributed by atoms with Gasteiger partial charge in [0.1, 0.15) is 11.3 Å². The first-order valence-corrected chi connectivity index (χ1v) is 10.2. The van der Waals surface area contributed by atoms with Gasteiger partial charge in [-0.3, -0.25) is 14.2 Å². The Morgan fingerprint density at radius 3 is 2.57 bits per heavy atom. The third-order valence-corrected chi connectivity index (χ3v) is 5.81. The first kappa shape index (κ1) is 18.3. The lowest BCUT2D eigenvalue weighted by Gasteiger charge is -2.13. The van der Waals surface area contributed by atoms with Crippen LogP contribution in [0, 0.1) is 0 Å². The number of nitrogens with zero attached hydrogens (tertiary/aromatic N) is 2. The third kappa shape index (κ3) is 3.00. The molecule has 0 N–H and O–H groups in total. The fourth-order valence-electron chi connectivity index (χ4n) is 3.44. The van der Waals surface area contributed by atoms with Crippen LogP contribution in [0.2, 0.25) is 0 Å². The van der Waals surface area contributed by atoms with Crippen molar-refractivity contribution in [1.82, 2.24) is 9.55 Å². The van der Waals surface area contributed by atoms with E-state index in [1.807, 2.05) is 41.8 Å². The van der Waals surface area contributed by atoms with Gasteiger partial charge < -0.3 is 9.15 Å². The molecule has 5 aromatic rings. The molecular formula is C23H16N2O4S. The Hall–Kier alpha value is -3.71. The highest BCUT2D eigenvalue weighted by molar-refractivity contribution is 7.13. The molecule has 0 aliphatic carbocycles. The highest BCUT2D eigenvalue weighted by Crippen LogP contribution is 2.25. The Balaban J connectivity index is 1.80. The summed E-state index contributed by atoms with van der Waals surface area (Å²) in [7, 11) is 1.60. The van der Waals surface area contributed by atoms with Gasteiger partial charge in [-0.1, -0.05) is 30.3 Å². The Kier molecular flexibility index (Phi) is 4.44. The van der Waals surface area contributed by atoms with Crippen LogP contribution in [0.25, 0.3) is 32.8 Å². The first-order chi connectivity index (χ1) is 14.7. The highest BCUT2D eigenvalue weighted by Gasteiger charge is 2.19. The summed E-state index contributed by atoms with van der Waals surface area (Å²) in [6.07, 6.45) is 0. The Morgan fingerprint density at radius 2 is 1.83 bits per heavy atom. The van der Waals surface area contributed by atoms with Crippen LogP contribution in [0.5, 0.6) is 5.75 Å². The lowest BCUT2D eigenvalue weighted by atomic mass is 10.2. The molecule has 2 aromatic carbocycles. The topological polar surface area (TPSA) is 74.3 Å². The van der Waals surface area contributed by atoms with Crippen LogP contribution in [0.1, 0.15) is 5.56 Å². The van der Waals surface area contributed by atoms with Gasteiger partial charge in [0.15, 0.2) is 11.2 Å². The van der Waals surface area contributed by atoms with Crippen molar-refractivity contribution < 1.29 is 9.15 Å². The monoisotopic (exact) mass is 416 g/mol. The molecule has 0 aliphatic heterocycles. The van der Waals surface area contributed by atoms with Crippen LogP contribution in [0.4, 0.5) is 0 Å². The van der Waals surface area contributed by atoms with Crippen molar-refractivity contribution in [3.05, 3.63) is 92.2 Å². The lowest BCUT2D eigenvalue weighted by Crippen LogP contribution is -2.27. The molecule has 6 nitrogen and oxygen atoms in total. The van der Waals surface area contributed by atoms with Gasteiger partial charge in [-0.15, -0.1) is 11.3 Å². The number of para-hydroxylation sites is 1. The van der Waals surface area contributed by atoms with E-state index in [-0.39, 0.29) is 23.1 Å². The number of benzene rings is 2. The van der Waals surface area contributed by atoms with Crippen molar-refractivity contribution in [2.75, 3.05) is 7.11 Å². The van der Waals surface area contributed by atoms with E-state index in [9.17, 15) is 9.59 Å². The van der Waals surface area contributed by atoms with Crippen molar-refractivity contribution >= 4 is 33.4 Å². The summed E-state index contributed by atoms with van der Waals surface area (Å²) in [5, 5.41) is 2.24. The van der Waals surface area contributed by atoms with Crippen LogP contribution in [-0.2, 0) is 6.54 Å². The molecule has 0 unspecified atom stereocenters. The number of methoxy groups -OCH3 is 1. The molecule has 0 bridgehead atoms. The van der Waals surface area contributed by atoms with E-state index in [0.29, 0.717) is 16.8 Å². The summed E-state index contributed by atoms with van der Waals surface area (Å²) in [5.74, 6) is 1.20. The molecular weight excluding hydrogens is 400 g/mol. The summed E-state index contributed by atoms with van der Waals surface area (Å²) < 4.78 is 12.6. The Morgan fingerprint density at radius 1 is 1.03 bits per heavy atom. The molecule has 0 radical (unpaired) electrons. The van der Waals surface area contributed by atoms with Gasteiger partial charge in [0.25, 0.3) is 5.56 Å². The molecule has 30 heavy (non-hydrogen) atoms. The van der Waals surface area contributed by atoms with Crippen LogP contribution in [-0.4, -0.2) is 16.7 Å². The van der Waals surface area contributed by atoms with Crippen molar-refractivity contribution in [3.63, 3.8) is 0 Å². The summed E-state index contributed by atoms with van der Waals surface area (Å²) in [6, 6.07) is 18.1. The van der Waals surface area contributed by atoms with Gasteiger partial charge in [-0.2, -0.15) is 4.98 Å². The van der Waals surface area contributed by atoms with E-state index in [1.165, 1.54) is 15.9 Å². The molecule has 0 spiro atoms. The minimum Gasteiger partial charge on any atom is -0.497 e. The lowest BCUT2D eigenvalue weighted by molar-refractivity contribution is 0.414. The molecule has 5 rings (SSSR count). The molecule has 0 saturated heterocycles. The number of aromatic nitrogens is 2. The largest absolute Gasteiger partial charge is 0.497 e. The molecule has 148 valence electrons. The van der Waals surface area contributed by atoms with Gasteiger partial charge in [0, 0.05) is 0 Å². The standard InChI is InChI=1S/C23H16N2O4S/c1-28-15-10-8-14(9-11-15)13-25-21(18-7-4-12-30-18)24-22-19(23(25)27)20(26)16-5-2-3-6-17(16)29-22/h2-12H,13H2,1H3. The molecule has 7 heteroatoms. The number of thiophene rings is 1. The maximum Gasteiger partial charge on any atom is 0.269 e. The van der Waals surface area contributed by atoms with E-state index in [1.54, 1.807) is 31.4 Å². The van der Waals surface area contributed by atoms with E-state index >= 15 is 0 Å². The second kappa shape index (κ2) is 7.27. The minimum absolute atomic E-state index is 0.0393. The summed E-state index contributed by atoms with van der Waals surface area (Å²) in [5.41, 5.74) is 0.566. The van der Waals surface area contributed by atoms with E-state index in [4.69, 9.17) is 9.15 Å². The molecule has 0 aliphatic rings. The average molecular weight is 416 g/mol. The molecule has 0 saturated carbocycles. The fourth-order valence-corrected chi connectivity index (χ4v) is 4.16. The summed E-state index contributed by atoms with van der Waals surface area (Å²) in [4.78, 5) is 32.0. The van der Waals surface area contributed by atoms with Gasteiger partial charge in [-0.25, -0.2) is 0 Å². The summed E-state index contributed by atoms with van der Waals surface area (Å²) >= 11 is 1.47. The van der Waals surface area contributed by atoms with Crippen molar-refractivity contribution in [2.45, 2.75) is 6.54 Å². The molecule has 0 atom stereocenters.